The van der Waals surface area contributed by atoms with Gasteiger partial charge in [-0.25, -0.2) is 0 Å². The van der Waals surface area contributed by atoms with Gasteiger partial charge in [-0.1, -0.05) is 18.2 Å². The summed E-state index contributed by atoms with van der Waals surface area (Å²) in [4.78, 5) is 11.8. The number of nitrogen functional groups attached to an aromatic ring is 2. The lowest BCUT2D eigenvalue weighted by Gasteiger charge is -2.06. The third-order valence-electron chi connectivity index (χ3n) is 2.51. The summed E-state index contributed by atoms with van der Waals surface area (Å²) >= 11 is 0. The first-order chi connectivity index (χ1) is 8.63. The SMILES string of the molecule is Nc1ccc(CC(=O)Nc2cccc(N)c2)cc1. The van der Waals surface area contributed by atoms with E-state index >= 15 is 0 Å². The molecule has 0 atom stereocenters. The summed E-state index contributed by atoms with van der Waals surface area (Å²) in [5, 5.41) is 2.80. The maximum absolute atomic E-state index is 11.8. The summed E-state index contributed by atoms with van der Waals surface area (Å²) in [7, 11) is 0. The Balaban J connectivity index is 1.98. The molecule has 0 saturated carbocycles. The normalized spacial score (nSPS) is 10.0. The summed E-state index contributed by atoms with van der Waals surface area (Å²) in [6.07, 6.45) is 0.315. The van der Waals surface area contributed by atoms with Gasteiger partial charge in [-0.3, -0.25) is 4.79 Å². The second kappa shape index (κ2) is 5.23. The van der Waals surface area contributed by atoms with Crippen molar-refractivity contribution in [1.29, 1.82) is 0 Å². The molecule has 0 aliphatic carbocycles. The van der Waals surface area contributed by atoms with Crippen LogP contribution in [-0.2, 0) is 11.2 Å². The molecule has 4 nitrogen and oxygen atoms in total. The first-order valence-electron chi connectivity index (χ1n) is 5.63. The highest BCUT2D eigenvalue weighted by Crippen LogP contribution is 2.13. The van der Waals surface area contributed by atoms with E-state index in [2.05, 4.69) is 5.32 Å². The molecular formula is C14H15N3O. The minimum absolute atomic E-state index is 0.0784. The van der Waals surface area contributed by atoms with Gasteiger partial charge in [0.1, 0.15) is 0 Å². The smallest absolute Gasteiger partial charge is 0.228 e. The third kappa shape index (κ3) is 3.25. The number of benzene rings is 2. The van der Waals surface area contributed by atoms with Gasteiger partial charge in [0.05, 0.1) is 6.42 Å². The van der Waals surface area contributed by atoms with Crippen LogP contribution in [0.25, 0.3) is 0 Å². The van der Waals surface area contributed by atoms with Crippen LogP contribution in [0.5, 0.6) is 0 Å². The highest BCUT2D eigenvalue weighted by atomic mass is 16.1. The lowest BCUT2D eigenvalue weighted by atomic mass is 10.1. The minimum Gasteiger partial charge on any atom is -0.399 e. The Morgan fingerprint density at radius 1 is 1.00 bits per heavy atom. The molecule has 2 aromatic rings. The van der Waals surface area contributed by atoms with Crippen molar-refractivity contribution in [3.63, 3.8) is 0 Å². The molecular weight excluding hydrogens is 226 g/mol. The standard InChI is InChI=1S/C14H15N3O/c15-11-6-4-10(5-7-11)8-14(18)17-13-3-1-2-12(16)9-13/h1-7,9H,8,15-16H2,(H,17,18). The quantitative estimate of drug-likeness (QED) is 0.719. The molecule has 0 aromatic heterocycles. The van der Waals surface area contributed by atoms with Gasteiger partial charge in [0.25, 0.3) is 0 Å². The molecule has 0 heterocycles. The molecule has 0 aliphatic rings. The zero-order chi connectivity index (χ0) is 13.0. The van der Waals surface area contributed by atoms with Gasteiger partial charge in [-0.05, 0) is 35.9 Å². The van der Waals surface area contributed by atoms with Gasteiger partial charge < -0.3 is 16.8 Å². The van der Waals surface area contributed by atoms with E-state index in [1.807, 2.05) is 12.1 Å². The van der Waals surface area contributed by atoms with Crippen LogP contribution < -0.4 is 16.8 Å². The van der Waals surface area contributed by atoms with E-state index in [1.54, 1.807) is 36.4 Å². The molecule has 0 fully saturated rings. The summed E-state index contributed by atoms with van der Waals surface area (Å²) < 4.78 is 0. The predicted octanol–water partition coefficient (Wildman–Crippen LogP) is 2.03. The number of amides is 1. The van der Waals surface area contributed by atoms with Crippen molar-refractivity contribution in [2.75, 3.05) is 16.8 Å². The maximum Gasteiger partial charge on any atom is 0.228 e. The van der Waals surface area contributed by atoms with Crippen molar-refractivity contribution in [3.8, 4) is 0 Å². The molecule has 2 rings (SSSR count). The molecule has 0 unspecified atom stereocenters. The number of nitrogens with two attached hydrogens (primary N) is 2. The van der Waals surface area contributed by atoms with Crippen LogP contribution in [0, 0.1) is 0 Å². The van der Waals surface area contributed by atoms with Crippen LogP contribution in [0.1, 0.15) is 5.56 Å². The van der Waals surface area contributed by atoms with Gasteiger partial charge >= 0.3 is 0 Å². The van der Waals surface area contributed by atoms with E-state index < -0.39 is 0 Å². The largest absolute Gasteiger partial charge is 0.399 e. The van der Waals surface area contributed by atoms with Crippen molar-refractivity contribution >= 4 is 23.0 Å². The fraction of sp³-hybridized carbons (Fsp3) is 0.0714. The average Bonchev–Trinajstić information content (AvgIpc) is 2.32. The highest BCUT2D eigenvalue weighted by Gasteiger charge is 2.04. The number of carbonyl (C=O) groups is 1. The Morgan fingerprint density at radius 3 is 2.39 bits per heavy atom. The van der Waals surface area contributed by atoms with E-state index in [4.69, 9.17) is 11.5 Å². The zero-order valence-corrected chi connectivity index (χ0v) is 9.89. The topological polar surface area (TPSA) is 81.1 Å². The molecule has 0 bridgehead atoms. The van der Waals surface area contributed by atoms with Crippen molar-refractivity contribution in [1.82, 2.24) is 0 Å². The Morgan fingerprint density at radius 2 is 1.72 bits per heavy atom. The molecule has 92 valence electrons. The number of hydrogen-bond acceptors (Lipinski definition) is 3. The van der Waals surface area contributed by atoms with Crippen LogP contribution in [0.4, 0.5) is 17.1 Å². The maximum atomic E-state index is 11.8. The van der Waals surface area contributed by atoms with E-state index in [1.165, 1.54) is 0 Å². The zero-order valence-electron chi connectivity index (χ0n) is 9.89. The Labute approximate surface area is 106 Å². The summed E-state index contributed by atoms with van der Waals surface area (Å²) in [5.41, 5.74) is 14.2. The predicted molar refractivity (Wildman–Crippen MR) is 74.0 cm³/mol. The van der Waals surface area contributed by atoms with Gasteiger partial charge in [0.15, 0.2) is 0 Å². The van der Waals surface area contributed by atoms with Crippen molar-refractivity contribution in [3.05, 3.63) is 54.1 Å². The molecule has 2 aromatic carbocycles. The first-order valence-corrected chi connectivity index (χ1v) is 5.63. The van der Waals surface area contributed by atoms with E-state index in [-0.39, 0.29) is 5.91 Å². The van der Waals surface area contributed by atoms with Crippen LogP contribution >= 0.6 is 0 Å². The fourth-order valence-corrected chi connectivity index (χ4v) is 1.64. The molecule has 0 aliphatic heterocycles. The molecule has 0 saturated heterocycles. The summed E-state index contributed by atoms with van der Waals surface area (Å²) in [5.74, 6) is -0.0784. The van der Waals surface area contributed by atoms with Crippen molar-refractivity contribution in [2.45, 2.75) is 6.42 Å². The minimum atomic E-state index is -0.0784. The molecule has 0 radical (unpaired) electrons. The average molecular weight is 241 g/mol. The Bertz CT molecular complexity index is 549. The van der Waals surface area contributed by atoms with E-state index in [9.17, 15) is 4.79 Å². The Hall–Kier alpha value is -2.49. The number of hydrogen-bond donors (Lipinski definition) is 3. The third-order valence-corrected chi connectivity index (χ3v) is 2.51. The molecule has 1 amide bonds. The van der Waals surface area contributed by atoms with Crippen molar-refractivity contribution < 1.29 is 4.79 Å². The van der Waals surface area contributed by atoms with E-state index in [0.717, 1.165) is 5.56 Å². The van der Waals surface area contributed by atoms with Crippen LogP contribution in [0.3, 0.4) is 0 Å². The van der Waals surface area contributed by atoms with Crippen LogP contribution in [-0.4, -0.2) is 5.91 Å². The molecule has 5 N–H and O–H groups in total. The molecule has 4 heteroatoms. The molecule has 0 spiro atoms. The second-order valence-corrected chi connectivity index (χ2v) is 4.09. The Kier molecular flexibility index (Phi) is 3.48. The number of carbonyl (C=O) groups excluding carboxylic acids is 1. The summed E-state index contributed by atoms with van der Waals surface area (Å²) in [6, 6.07) is 14.3. The van der Waals surface area contributed by atoms with Crippen LogP contribution in [0.2, 0.25) is 0 Å². The monoisotopic (exact) mass is 241 g/mol. The number of rotatable bonds is 3. The number of nitrogens with one attached hydrogen (secondary N) is 1. The highest BCUT2D eigenvalue weighted by molar-refractivity contribution is 5.92. The second-order valence-electron chi connectivity index (χ2n) is 4.09. The van der Waals surface area contributed by atoms with Gasteiger partial charge in [-0.15, -0.1) is 0 Å². The lowest BCUT2D eigenvalue weighted by molar-refractivity contribution is -0.115. The molecule has 18 heavy (non-hydrogen) atoms. The van der Waals surface area contributed by atoms with E-state index in [0.29, 0.717) is 23.5 Å². The van der Waals surface area contributed by atoms with Gasteiger partial charge in [-0.2, -0.15) is 0 Å². The number of anilines is 3. The van der Waals surface area contributed by atoms with Gasteiger partial charge in [0, 0.05) is 17.1 Å². The van der Waals surface area contributed by atoms with Crippen LogP contribution in [0.15, 0.2) is 48.5 Å². The first kappa shape index (κ1) is 12.0. The summed E-state index contributed by atoms with van der Waals surface area (Å²) in [6.45, 7) is 0. The lowest BCUT2D eigenvalue weighted by Crippen LogP contribution is -2.14. The van der Waals surface area contributed by atoms with Gasteiger partial charge in [0.2, 0.25) is 5.91 Å². The van der Waals surface area contributed by atoms with Crippen molar-refractivity contribution in [2.24, 2.45) is 0 Å². The fourth-order valence-electron chi connectivity index (χ4n) is 1.64.